The van der Waals surface area contributed by atoms with Gasteiger partial charge in [0.25, 0.3) is 5.91 Å². The predicted octanol–water partition coefficient (Wildman–Crippen LogP) is 2.32. The lowest BCUT2D eigenvalue weighted by Gasteiger charge is -2.11. The molecule has 0 aromatic heterocycles. The molecule has 0 saturated carbocycles. The number of nitriles is 1. The van der Waals surface area contributed by atoms with E-state index in [1.807, 2.05) is 6.07 Å². The molecule has 4 nitrogen and oxygen atoms in total. The summed E-state index contributed by atoms with van der Waals surface area (Å²) in [6.07, 6.45) is 0.180. The number of ether oxygens (including phenoxy) is 1. The molecule has 0 fully saturated rings. The van der Waals surface area contributed by atoms with Gasteiger partial charge >= 0.3 is 6.61 Å². The van der Waals surface area contributed by atoms with Crippen molar-refractivity contribution < 1.29 is 18.3 Å². The zero-order valence-electron chi connectivity index (χ0n) is 9.69. The van der Waals surface area contributed by atoms with E-state index in [0.29, 0.717) is 0 Å². The van der Waals surface area contributed by atoms with Gasteiger partial charge in [0.2, 0.25) is 0 Å². The molecule has 0 spiro atoms. The minimum absolute atomic E-state index is 0.0782. The molecule has 0 bridgehead atoms. The fourth-order valence-electron chi connectivity index (χ4n) is 1.31. The lowest BCUT2D eigenvalue weighted by atomic mass is 10.1. The summed E-state index contributed by atoms with van der Waals surface area (Å²) in [5.74, 6) is -0.511. The molecule has 0 radical (unpaired) electrons. The van der Waals surface area contributed by atoms with Gasteiger partial charge in [0, 0.05) is 11.6 Å². The molecule has 0 saturated heterocycles. The number of hydrogen-bond donors (Lipinski definition) is 1. The van der Waals surface area contributed by atoms with Crippen molar-refractivity contribution in [1.29, 1.82) is 5.26 Å². The van der Waals surface area contributed by atoms with Crippen molar-refractivity contribution in [1.82, 2.24) is 5.32 Å². The Labute approximate surface area is 103 Å². The van der Waals surface area contributed by atoms with Crippen LogP contribution in [-0.2, 0) is 0 Å². The van der Waals surface area contributed by atoms with E-state index in [-0.39, 0.29) is 23.8 Å². The smallest absolute Gasteiger partial charge is 0.387 e. The van der Waals surface area contributed by atoms with Crippen molar-refractivity contribution >= 4 is 5.91 Å². The zero-order valence-corrected chi connectivity index (χ0v) is 9.69. The summed E-state index contributed by atoms with van der Waals surface area (Å²) >= 11 is 0. The molecule has 1 atom stereocenters. The van der Waals surface area contributed by atoms with E-state index in [1.165, 1.54) is 24.3 Å². The Morgan fingerprint density at radius 3 is 2.89 bits per heavy atom. The van der Waals surface area contributed by atoms with Crippen molar-refractivity contribution in [3.63, 3.8) is 0 Å². The van der Waals surface area contributed by atoms with Crippen LogP contribution in [-0.4, -0.2) is 18.6 Å². The van der Waals surface area contributed by atoms with Crippen LogP contribution in [0.2, 0.25) is 0 Å². The first-order valence-corrected chi connectivity index (χ1v) is 5.25. The van der Waals surface area contributed by atoms with Crippen LogP contribution in [0.4, 0.5) is 8.78 Å². The second-order valence-electron chi connectivity index (χ2n) is 3.64. The van der Waals surface area contributed by atoms with Crippen molar-refractivity contribution in [3.05, 3.63) is 29.8 Å². The van der Waals surface area contributed by atoms with E-state index in [0.717, 1.165) is 0 Å². The van der Waals surface area contributed by atoms with Crippen LogP contribution in [0.15, 0.2) is 24.3 Å². The summed E-state index contributed by atoms with van der Waals surface area (Å²) in [5, 5.41) is 11.0. The fraction of sp³-hybridized carbons (Fsp3) is 0.333. The van der Waals surface area contributed by atoms with Gasteiger partial charge in [-0.15, -0.1) is 0 Å². The summed E-state index contributed by atoms with van der Waals surface area (Å²) in [6, 6.07) is 7.10. The Kier molecular flexibility index (Phi) is 5.06. The van der Waals surface area contributed by atoms with Crippen LogP contribution in [0.1, 0.15) is 23.7 Å². The number of carbonyl (C=O) groups is 1. The van der Waals surface area contributed by atoms with Gasteiger partial charge in [0.05, 0.1) is 12.5 Å². The summed E-state index contributed by atoms with van der Waals surface area (Å²) in [4.78, 5) is 11.7. The summed E-state index contributed by atoms with van der Waals surface area (Å²) in [7, 11) is 0. The molecule has 1 aromatic carbocycles. The number of alkyl halides is 2. The maximum absolute atomic E-state index is 12.0. The lowest BCUT2D eigenvalue weighted by Crippen LogP contribution is -2.32. The molecule has 0 aliphatic heterocycles. The van der Waals surface area contributed by atoms with Gasteiger partial charge in [-0.2, -0.15) is 14.0 Å². The average Bonchev–Trinajstić information content (AvgIpc) is 2.28. The van der Waals surface area contributed by atoms with Crippen LogP contribution >= 0.6 is 0 Å². The largest absolute Gasteiger partial charge is 0.435 e. The summed E-state index contributed by atoms with van der Waals surface area (Å²) in [6.45, 7) is -1.25. The quantitative estimate of drug-likeness (QED) is 0.877. The van der Waals surface area contributed by atoms with Gasteiger partial charge in [-0.3, -0.25) is 4.79 Å². The first-order chi connectivity index (χ1) is 8.52. The maximum Gasteiger partial charge on any atom is 0.387 e. The monoisotopic (exact) mass is 254 g/mol. The number of amides is 1. The van der Waals surface area contributed by atoms with Crippen LogP contribution in [0.5, 0.6) is 5.75 Å². The Morgan fingerprint density at radius 2 is 2.28 bits per heavy atom. The number of halogens is 2. The molecule has 0 heterocycles. The number of hydrogen-bond acceptors (Lipinski definition) is 3. The number of nitrogens with zero attached hydrogens (tertiary/aromatic N) is 1. The van der Waals surface area contributed by atoms with Crippen molar-refractivity contribution in [2.24, 2.45) is 0 Å². The molecular formula is C12H12F2N2O2. The first kappa shape index (κ1) is 13.9. The van der Waals surface area contributed by atoms with E-state index >= 15 is 0 Å². The molecule has 1 unspecified atom stereocenters. The zero-order chi connectivity index (χ0) is 13.5. The molecule has 6 heteroatoms. The highest BCUT2D eigenvalue weighted by Crippen LogP contribution is 2.16. The third-order valence-electron chi connectivity index (χ3n) is 2.10. The Bertz CT molecular complexity index is 458. The minimum Gasteiger partial charge on any atom is -0.435 e. The fourth-order valence-corrected chi connectivity index (χ4v) is 1.31. The van der Waals surface area contributed by atoms with Crippen LogP contribution in [0.25, 0.3) is 0 Å². The number of carbonyl (C=O) groups excluding carboxylic acids is 1. The third-order valence-corrected chi connectivity index (χ3v) is 2.10. The van der Waals surface area contributed by atoms with E-state index in [4.69, 9.17) is 5.26 Å². The third kappa shape index (κ3) is 4.37. The molecule has 0 aliphatic carbocycles. The standard InChI is InChI=1S/C12H12F2N2O2/c1-8(5-6-15)16-11(17)9-3-2-4-10(7-9)18-12(13)14/h2-4,7-8,12H,5H2,1H3,(H,16,17). The van der Waals surface area contributed by atoms with Gasteiger partial charge in [-0.1, -0.05) is 6.07 Å². The molecule has 96 valence electrons. The average molecular weight is 254 g/mol. The van der Waals surface area contributed by atoms with Gasteiger partial charge in [0.15, 0.2) is 0 Å². The van der Waals surface area contributed by atoms with E-state index in [9.17, 15) is 13.6 Å². The van der Waals surface area contributed by atoms with Crippen LogP contribution < -0.4 is 10.1 Å². The SMILES string of the molecule is CC(CC#N)NC(=O)c1cccc(OC(F)F)c1. The van der Waals surface area contributed by atoms with E-state index < -0.39 is 12.5 Å². The van der Waals surface area contributed by atoms with Gasteiger partial charge in [-0.05, 0) is 25.1 Å². The van der Waals surface area contributed by atoms with Gasteiger partial charge < -0.3 is 10.1 Å². The second kappa shape index (κ2) is 6.55. The molecule has 1 rings (SSSR count). The highest BCUT2D eigenvalue weighted by atomic mass is 19.3. The first-order valence-electron chi connectivity index (χ1n) is 5.25. The van der Waals surface area contributed by atoms with Crippen molar-refractivity contribution in [3.8, 4) is 11.8 Å². The number of rotatable bonds is 5. The van der Waals surface area contributed by atoms with E-state index in [2.05, 4.69) is 10.1 Å². The van der Waals surface area contributed by atoms with Crippen LogP contribution in [0.3, 0.4) is 0 Å². The van der Waals surface area contributed by atoms with Gasteiger partial charge in [0.1, 0.15) is 5.75 Å². The molecule has 1 aromatic rings. The highest BCUT2D eigenvalue weighted by molar-refractivity contribution is 5.94. The Morgan fingerprint density at radius 1 is 1.56 bits per heavy atom. The van der Waals surface area contributed by atoms with Crippen molar-refractivity contribution in [2.75, 3.05) is 0 Å². The Hall–Kier alpha value is -2.16. The second-order valence-corrected chi connectivity index (χ2v) is 3.64. The maximum atomic E-state index is 12.0. The van der Waals surface area contributed by atoms with Crippen LogP contribution in [0, 0.1) is 11.3 Å². The lowest BCUT2D eigenvalue weighted by molar-refractivity contribution is -0.0498. The minimum atomic E-state index is -2.93. The predicted molar refractivity (Wildman–Crippen MR) is 60.2 cm³/mol. The molecular weight excluding hydrogens is 242 g/mol. The molecule has 1 N–H and O–H groups in total. The number of benzene rings is 1. The highest BCUT2D eigenvalue weighted by Gasteiger charge is 2.11. The molecule has 1 amide bonds. The topological polar surface area (TPSA) is 62.1 Å². The summed E-state index contributed by atoms with van der Waals surface area (Å²) < 4.78 is 28.2. The molecule has 18 heavy (non-hydrogen) atoms. The molecule has 0 aliphatic rings. The van der Waals surface area contributed by atoms with Crippen molar-refractivity contribution in [2.45, 2.75) is 26.0 Å². The van der Waals surface area contributed by atoms with E-state index in [1.54, 1.807) is 6.92 Å². The van der Waals surface area contributed by atoms with Gasteiger partial charge in [-0.25, -0.2) is 0 Å². The normalized spacial score (nSPS) is 11.7. The summed E-state index contributed by atoms with van der Waals surface area (Å²) in [5.41, 5.74) is 0.206. The number of nitrogens with one attached hydrogen (secondary N) is 1. The Balaban J connectivity index is 2.71.